The van der Waals surface area contributed by atoms with Crippen LogP contribution in [0.3, 0.4) is 0 Å². The monoisotopic (exact) mass is 327 g/mol. The molecule has 1 fully saturated rings. The van der Waals surface area contributed by atoms with Crippen LogP contribution in [0.1, 0.15) is 32.3 Å². The van der Waals surface area contributed by atoms with Crippen molar-refractivity contribution in [3.05, 3.63) is 22.2 Å². The normalized spacial score (nSPS) is 16.2. The first-order chi connectivity index (χ1) is 9.10. The van der Waals surface area contributed by atoms with Gasteiger partial charge < -0.3 is 15.2 Å². The van der Waals surface area contributed by atoms with Crippen LogP contribution in [-0.4, -0.2) is 19.3 Å². The first-order valence-corrected chi connectivity index (χ1v) is 7.73. The lowest BCUT2D eigenvalue weighted by Crippen LogP contribution is -2.17. The second kappa shape index (κ2) is 6.62. The molecule has 1 atom stereocenters. The second-order valence-corrected chi connectivity index (χ2v) is 6.13. The van der Waals surface area contributed by atoms with E-state index in [-0.39, 0.29) is 6.04 Å². The van der Waals surface area contributed by atoms with E-state index in [0.717, 1.165) is 34.9 Å². The highest BCUT2D eigenvalue weighted by Crippen LogP contribution is 2.39. The van der Waals surface area contributed by atoms with Gasteiger partial charge in [0.25, 0.3) is 0 Å². The molecule has 2 rings (SSSR count). The van der Waals surface area contributed by atoms with Crippen LogP contribution >= 0.6 is 15.9 Å². The van der Waals surface area contributed by atoms with Gasteiger partial charge >= 0.3 is 0 Å². The van der Waals surface area contributed by atoms with Crippen molar-refractivity contribution in [3.63, 3.8) is 0 Å². The number of nitrogens with two attached hydrogens (primary N) is 1. The minimum Gasteiger partial charge on any atom is -0.490 e. The van der Waals surface area contributed by atoms with Gasteiger partial charge in [-0.05, 0) is 72.7 Å². The highest BCUT2D eigenvalue weighted by molar-refractivity contribution is 9.10. The highest BCUT2D eigenvalue weighted by atomic mass is 79.9. The standard InChI is InChI=1S/C15H22BrNO2/c1-3-18-14-8-12(6-10(2)17)7-13(16)15(14)19-9-11-4-5-11/h7-8,10-11H,3-6,9,17H2,1-2H3. The second-order valence-electron chi connectivity index (χ2n) is 5.27. The number of hydrogen-bond donors (Lipinski definition) is 1. The molecule has 1 aromatic carbocycles. The van der Waals surface area contributed by atoms with Gasteiger partial charge in [0.05, 0.1) is 17.7 Å². The SMILES string of the molecule is CCOc1cc(CC(C)N)cc(Br)c1OCC1CC1. The zero-order valence-corrected chi connectivity index (χ0v) is 13.2. The number of rotatable bonds is 7. The van der Waals surface area contributed by atoms with E-state index in [9.17, 15) is 0 Å². The van der Waals surface area contributed by atoms with Crippen LogP contribution in [0, 0.1) is 5.92 Å². The van der Waals surface area contributed by atoms with Crippen LogP contribution in [0.15, 0.2) is 16.6 Å². The molecule has 1 saturated carbocycles. The van der Waals surface area contributed by atoms with Gasteiger partial charge in [-0.3, -0.25) is 0 Å². The molecule has 0 aliphatic heterocycles. The summed E-state index contributed by atoms with van der Waals surface area (Å²) in [4.78, 5) is 0. The van der Waals surface area contributed by atoms with Crippen molar-refractivity contribution >= 4 is 15.9 Å². The molecule has 1 aromatic rings. The molecule has 19 heavy (non-hydrogen) atoms. The number of hydrogen-bond acceptors (Lipinski definition) is 3. The summed E-state index contributed by atoms with van der Waals surface area (Å²) < 4.78 is 12.6. The highest BCUT2D eigenvalue weighted by Gasteiger charge is 2.23. The van der Waals surface area contributed by atoms with E-state index in [1.807, 2.05) is 19.9 Å². The third-order valence-corrected chi connectivity index (χ3v) is 3.68. The molecule has 0 spiro atoms. The summed E-state index contributed by atoms with van der Waals surface area (Å²) in [7, 11) is 0. The number of benzene rings is 1. The van der Waals surface area contributed by atoms with Gasteiger partial charge in [0.2, 0.25) is 0 Å². The van der Waals surface area contributed by atoms with Crippen LogP contribution in [0.4, 0.5) is 0 Å². The topological polar surface area (TPSA) is 44.5 Å². The predicted molar refractivity (Wildman–Crippen MR) is 80.9 cm³/mol. The molecular weight excluding hydrogens is 306 g/mol. The van der Waals surface area contributed by atoms with E-state index < -0.39 is 0 Å². The summed E-state index contributed by atoms with van der Waals surface area (Å²) in [5.41, 5.74) is 7.03. The van der Waals surface area contributed by atoms with Crippen LogP contribution in [0.5, 0.6) is 11.5 Å². The molecule has 4 heteroatoms. The molecular formula is C15H22BrNO2. The predicted octanol–water partition coefficient (Wildman–Crippen LogP) is 3.53. The Bertz CT molecular complexity index is 430. The van der Waals surface area contributed by atoms with Crippen molar-refractivity contribution in [2.24, 2.45) is 11.7 Å². The molecule has 0 saturated heterocycles. The van der Waals surface area contributed by atoms with Crippen LogP contribution < -0.4 is 15.2 Å². The Morgan fingerprint density at radius 3 is 2.68 bits per heavy atom. The Kier molecular flexibility index (Phi) is 5.11. The maximum atomic E-state index is 5.90. The van der Waals surface area contributed by atoms with E-state index in [4.69, 9.17) is 15.2 Å². The van der Waals surface area contributed by atoms with Crippen molar-refractivity contribution < 1.29 is 9.47 Å². The van der Waals surface area contributed by atoms with E-state index in [2.05, 4.69) is 22.0 Å². The quantitative estimate of drug-likeness (QED) is 0.833. The summed E-state index contributed by atoms with van der Waals surface area (Å²) in [6.45, 7) is 5.40. The van der Waals surface area contributed by atoms with Gasteiger partial charge in [0.15, 0.2) is 11.5 Å². The van der Waals surface area contributed by atoms with Crippen molar-refractivity contribution in [3.8, 4) is 11.5 Å². The van der Waals surface area contributed by atoms with Gasteiger partial charge in [0, 0.05) is 6.04 Å². The first-order valence-electron chi connectivity index (χ1n) is 6.93. The van der Waals surface area contributed by atoms with Gasteiger partial charge in [0.1, 0.15) is 0 Å². The van der Waals surface area contributed by atoms with Crippen LogP contribution in [0.2, 0.25) is 0 Å². The Hall–Kier alpha value is -0.740. The smallest absolute Gasteiger partial charge is 0.175 e. The average Bonchev–Trinajstić information content (AvgIpc) is 3.11. The Balaban J connectivity index is 2.17. The summed E-state index contributed by atoms with van der Waals surface area (Å²) in [6, 6.07) is 4.26. The van der Waals surface area contributed by atoms with Gasteiger partial charge in [-0.25, -0.2) is 0 Å². The first kappa shape index (κ1) is 14.7. The van der Waals surface area contributed by atoms with Crippen molar-refractivity contribution in [1.82, 2.24) is 0 Å². The van der Waals surface area contributed by atoms with Crippen molar-refractivity contribution in [2.75, 3.05) is 13.2 Å². The summed E-state index contributed by atoms with van der Waals surface area (Å²) in [5.74, 6) is 2.36. The molecule has 2 N–H and O–H groups in total. The minimum absolute atomic E-state index is 0.139. The van der Waals surface area contributed by atoms with Gasteiger partial charge in [-0.1, -0.05) is 0 Å². The lowest BCUT2D eigenvalue weighted by atomic mass is 10.1. The van der Waals surface area contributed by atoms with E-state index in [0.29, 0.717) is 6.61 Å². The fraction of sp³-hybridized carbons (Fsp3) is 0.600. The molecule has 106 valence electrons. The number of halogens is 1. The van der Waals surface area contributed by atoms with Crippen LogP contribution in [0.25, 0.3) is 0 Å². The molecule has 0 bridgehead atoms. The number of ether oxygens (including phenoxy) is 2. The molecule has 0 aromatic heterocycles. The molecule has 0 heterocycles. The lowest BCUT2D eigenvalue weighted by molar-refractivity contribution is 0.265. The third kappa shape index (κ3) is 4.39. The zero-order chi connectivity index (χ0) is 13.8. The summed E-state index contributed by atoms with van der Waals surface area (Å²) >= 11 is 3.58. The average molecular weight is 328 g/mol. The molecule has 1 aliphatic rings. The third-order valence-electron chi connectivity index (χ3n) is 3.09. The van der Waals surface area contributed by atoms with Gasteiger partial charge in [-0.2, -0.15) is 0 Å². The molecule has 3 nitrogen and oxygen atoms in total. The Morgan fingerprint density at radius 2 is 2.11 bits per heavy atom. The maximum absolute atomic E-state index is 5.90. The molecule has 0 amide bonds. The molecule has 0 radical (unpaired) electrons. The van der Waals surface area contributed by atoms with Crippen LogP contribution in [-0.2, 0) is 6.42 Å². The Labute approximate surface area is 123 Å². The van der Waals surface area contributed by atoms with E-state index in [1.165, 1.54) is 18.4 Å². The lowest BCUT2D eigenvalue weighted by Gasteiger charge is -2.16. The molecule has 1 aliphatic carbocycles. The Morgan fingerprint density at radius 1 is 1.37 bits per heavy atom. The summed E-state index contributed by atoms with van der Waals surface area (Å²) in [6.07, 6.45) is 3.40. The van der Waals surface area contributed by atoms with Crippen molar-refractivity contribution in [1.29, 1.82) is 0 Å². The fourth-order valence-corrected chi connectivity index (χ4v) is 2.60. The minimum atomic E-state index is 0.139. The fourth-order valence-electron chi connectivity index (χ4n) is 2.00. The maximum Gasteiger partial charge on any atom is 0.175 e. The summed E-state index contributed by atoms with van der Waals surface area (Å²) in [5, 5.41) is 0. The largest absolute Gasteiger partial charge is 0.490 e. The van der Waals surface area contributed by atoms with E-state index >= 15 is 0 Å². The van der Waals surface area contributed by atoms with Gasteiger partial charge in [-0.15, -0.1) is 0 Å². The van der Waals surface area contributed by atoms with Crippen molar-refractivity contribution in [2.45, 2.75) is 39.2 Å². The van der Waals surface area contributed by atoms with E-state index in [1.54, 1.807) is 0 Å². The molecule has 1 unspecified atom stereocenters. The zero-order valence-electron chi connectivity index (χ0n) is 11.6.